The molecule has 2 aromatic rings. The third-order valence-electron chi connectivity index (χ3n) is 5.44. The molecule has 0 bridgehead atoms. The van der Waals surface area contributed by atoms with Crippen LogP contribution in [0.5, 0.6) is 11.5 Å². The van der Waals surface area contributed by atoms with Gasteiger partial charge in [-0.25, -0.2) is 4.39 Å². The van der Waals surface area contributed by atoms with Gasteiger partial charge in [0.2, 0.25) is 0 Å². The highest BCUT2D eigenvalue weighted by Gasteiger charge is 2.30. The highest BCUT2D eigenvalue weighted by atomic mass is 19.1. The molecule has 0 aliphatic carbocycles. The molecule has 2 aromatic carbocycles. The number of piperidine rings is 1. The Kier molecular flexibility index (Phi) is 8.60. The van der Waals surface area contributed by atoms with Crippen LogP contribution in [0.15, 0.2) is 42.5 Å². The summed E-state index contributed by atoms with van der Waals surface area (Å²) in [4.78, 5) is 50.8. The largest absolute Gasteiger partial charge is 0.493 e. The average molecular weight is 487 g/mol. The number of halogens is 1. The molecule has 1 saturated heterocycles. The van der Waals surface area contributed by atoms with E-state index < -0.39 is 36.1 Å². The Balaban J connectivity index is 1.45. The van der Waals surface area contributed by atoms with Crippen molar-refractivity contribution >= 4 is 23.7 Å². The smallest absolute Gasteiger partial charge is 0.311 e. The SMILES string of the molecule is COc1ccc(C(=O)NNC(=O)COC(=O)C2CCCN(C(=O)c3ccc(F)cc3)C2)cc1OC. The fourth-order valence-corrected chi connectivity index (χ4v) is 3.60. The van der Waals surface area contributed by atoms with E-state index in [1.165, 1.54) is 55.5 Å². The Labute approximate surface area is 201 Å². The highest BCUT2D eigenvalue weighted by molar-refractivity contribution is 5.96. The second kappa shape index (κ2) is 11.8. The lowest BCUT2D eigenvalue weighted by Crippen LogP contribution is -2.45. The summed E-state index contributed by atoms with van der Waals surface area (Å²) in [7, 11) is 2.90. The molecule has 0 aromatic heterocycles. The summed E-state index contributed by atoms with van der Waals surface area (Å²) >= 11 is 0. The van der Waals surface area contributed by atoms with Gasteiger partial charge in [-0.2, -0.15) is 0 Å². The van der Waals surface area contributed by atoms with Gasteiger partial charge in [0, 0.05) is 24.2 Å². The molecule has 1 atom stereocenters. The van der Waals surface area contributed by atoms with E-state index in [4.69, 9.17) is 14.2 Å². The zero-order chi connectivity index (χ0) is 25.4. The van der Waals surface area contributed by atoms with Crippen molar-refractivity contribution in [1.29, 1.82) is 0 Å². The maximum Gasteiger partial charge on any atom is 0.311 e. The topological polar surface area (TPSA) is 123 Å². The van der Waals surface area contributed by atoms with Crippen molar-refractivity contribution in [2.75, 3.05) is 33.9 Å². The van der Waals surface area contributed by atoms with Gasteiger partial charge in [0.05, 0.1) is 20.1 Å². The monoisotopic (exact) mass is 487 g/mol. The van der Waals surface area contributed by atoms with Crippen LogP contribution >= 0.6 is 0 Å². The molecule has 0 radical (unpaired) electrons. The number of methoxy groups -OCH3 is 2. The van der Waals surface area contributed by atoms with Gasteiger partial charge in [0.15, 0.2) is 18.1 Å². The van der Waals surface area contributed by atoms with E-state index >= 15 is 0 Å². The second-order valence-corrected chi connectivity index (χ2v) is 7.78. The highest BCUT2D eigenvalue weighted by Crippen LogP contribution is 2.27. The number of nitrogens with zero attached hydrogens (tertiary/aromatic N) is 1. The minimum absolute atomic E-state index is 0.132. The fraction of sp³-hybridized carbons (Fsp3) is 0.333. The van der Waals surface area contributed by atoms with Gasteiger partial charge < -0.3 is 19.1 Å². The van der Waals surface area contributed by atoms with Gasteiger partial charge in [-0.3, -0.25) is 30.0 Å². The number of likely N-dealkylation sites (tertiary alicyclic amines) is 1. The summed E-state index contributed by atoms with van der Waals surface area (Å²) in [5.74, 6) is -2.51. The van der Waals surface area contributed by atoms with Gasteiger partial charge in [0.1, 0.15) is 5.82 Å². The minimum atomic E-state index is -0.734. The molecule has 0 spiro atoms. The first-order valence-electron chi connectivity index (χ1n) is 10.8. The number of hydrazine groups is 1. The number of carbonyl (C=O) groups is 4. The zero-order valence-electron chi connectivity index (χ0n) is 19.3. The van der Waals surface area contributed by atoms with Crippen molar-refractivity contribution in [3.05, 3.63) is 59.4 Å². The first kappa shape index (κ1) is 25.5. The molecule has 1 aliphatic heterocycles. The molecule has 35 heavy (non-hydrogen) atoms. The molecule has 1 unspecified atom stereocenters. The van der Waals surface area contributed by atoms with Gasteiger partial charge in [-0.15, -0.1) is 0 Å². The molecule has 1 fully saturated rings. The number of amides is 3. The molecular weight excluding hydrogens is 461 g/mol. The lowest BCUT2D eigenvalue weighted by molar-refractivity contribution is -0.154. The van der Waals surface area contributed by atoms with Crippen LogP contribution in [0.2, 0.25) is 0 Å². The van der Waals surface area contributed by atoms with Crippen LogP contribution < -0.4 is 20.3 Å². The minimum Gasteiger partial charge on any atom is -0.493 e. The van der Waals surface area contributed by atoms with Crippen molar-refractivity contribution < 1.29 is 37.8 Å². The zero-order valence-corrected chi connectivity index (χ0v) is 19.3. The summed E-state index contributed by atoms with van der Waals surface area (Å²) in [6.45, 7) is -0.0111. The first-order valence-corrected chi connectivity index (χ1v) is 10.8. The molecular formula is C24H26FN3O7. The van der Waals surface area contributed by atoms with Crippen molar-refractivity contribution in [2.24, 2.45) is 5.92 Å². The molecule has 3 amide bonds. The van der Waals surface area contributed by atoms with Crippen LogP contribution in [0.4, 0.5) is 4.39 Å². The maximum atomic E-state index is 13.1. The van der Waals surface area contributed by atoms with Crippen molar-refractivity contribution in [2.45, 2.75) is 12.8 Å². The summed E-state index contributed by atoms with van der Waals surface area (Å²) in [5, 5.41) is 0. The van der Waals surface area contributed by atoms with Gasteiger partial charge in [0.25, 0.3) is 17.7 Å². The Morgan fingerprint density at radius 2 is 1.66 bits per heavy atom. The summed E-state index contributed by atoms with van der Waals surface area (Å²) in [6.07, 6.45) is 1.09. The van der Waals surface area contributed by atoms with Crippen LogP contribution in [0.3, 0.4) is 0 Å². The predicted octanol–water partition coefficient (Wildman–Crippen LogP) is 1.70. The molecule has 1 heterocycles. The molecule has 3 rings (SSSR count). The van der Waals surface area contributed by atoms with E-state index in [1.807, 2.05) is 0 Å². The van der Waals surface area contributed by atoms with E-state index in [0.717, 1.165) is 0 Å². The van der Waals surface area contributed by atoms with E-state index in [1.54, 1.807) is 6.07 Å². The van der Waals surface area contributed by atoms with E-state index in [2.05, 4.69) is 10.9 Å². The lowest BCUT2D eigenvalue weighted by Gasteiger charge is -2.31. The number of carbonyl (C=O) groups excluding carboxylic acids is 4. The van der Waals surface area contributed by atoms with Crippen molar-refractivity contribution in [3.63, 3.8) is 0 Å². The first-order chi connectivity index (χ1) is 16.8. The molecule has 1 aliphatic rings. The quantitative estimate of drug-likeness (QED) is 0.450. The normalized spacial score (nSPS) is 15.1. The number of esters is 1. The average Bonchev–Trinajstić information content (AvgIpc) is 2.89. The number of rotatable bonds is 7. The standard InChI is InChI=1S/C24H26FN3O7/c1-33-19-10-7-16(12-20(19)34-2)22(30)27-26-21(29)14-35-24(32)17-4-3-11-28(13-17)23(31)15-5-8-18(25)9-6-15/h5-10,12,17H,3-4,11,13-14H2,1-2H3,(H,26,29)(H,27,30). The van der Waals surface area contributed by atoms with Crippen LogP contribution in [0, 0.1) is 11.7 Å². The molecule has 186 valence electrons. The third kappa shape index (κ3) is 6.69. The molecule has 11 heteroatoms. The fourth-order valence-electron chi connectivity index (χ4n) is 3.60. The van der Waals surface area contributed by atoms with Gasteiger partial charge in [-0.05, 0) is 55.3 Å². The summed E-state index contributed by atoms with van der Waals surface area (Å²) < 4.78 is 28.4. The number of hydrogen-bond donors (Lipinski definition) is 2. The number of benzene rings is 2. The van der Waals surface area contributed by atoms with Crippen molar-refractivity contribution in [3.8, 4) is 11.5 Å². The number of nitrogens with one attached hydrogen (secondary N) is 2. The third-order valence-corrected chi connectivity index (χ3v) is 5.44. The number of hydrogen-bond acceptors (Lipinski definition) is 7. The second-order valence-electron chi connectivity index (χ2n) is 7.78. The van der Waals surface area contributed by atoms with Crippen LogP contribution in [-0.4, -0.2) is 62.5 Å². The Morgan fingerprint density at radius 3 is 2.34 bits per heavy atom. The predicted molar refractivity (Wildman–Crippen MR) is 121 cm³/mol. The molecule has 10 nitrogen and oxygen atoms in total. The molecule has 2 N–H and O–H groups in total. The Bertz CT molecular complexity index is 1090. The lowest BCUT2D eigenvalue weighted by atomic mass is 9.97. The maximum absolute atomic E-state index is 13.1. The van der Waals surface area contributed by atoms with E-state index in [0.29, 0.717) is 36.4 Å². The number of ether oxygens (including phenoxy) is 3. The summed E-state index contributed by atoms with van der Waals surface area (Å²) in [6, 6.07) is 9.66. The summed E-state index contributed by atoms with van der Waals surface area (Å²) in [5.41, 5.74) is 4.94. The van der Waals surface area contributed by atoms with Crippen molar-refractivity contribution in [1.82, 2.24) is 15.8 Å². The van der Waals surface area contributed by atoms with Crippen LogP contribution in [0.1, 0.15) is 33.6 Å². The van der Waals surface area contributed by atoms with Gasteiger partial charge in [-0.1, -0.05) is 0 Å². The van der Waals surface area contributed by atoms with Gasteiger partial charge >= 0.3 is 5.97 Å². The van der Waals surface area contributed by atoms with Crippen LogP contribution in [0.25, 0.3) is 0 Å². The molecule has 0 saturated carbocycles. The Hall–Kier alpha value is -4.15. The van der Waals surface area contributed by atoms with E-state index in [9.17, 15) is 23.6 Å². The van der Waals surface area contributed by atoms with Crippen LogP contribution in [-0.2, 0) is 14.3 Å². The Morgan fingerprint density at radius 1 is 0.971 bits per heavy atom. The van der Waals surface area contributed by atoms with E-state index in [-0.39, 0.29) is 18.0 Å².